The maximum atomic E-state index is 12.2. The Bertz CT molecular complexity index is 1080. The van der Waals surface area contributed by atoms with Crippen LogP contribution in [0.3, 0.4) is 0 Å². The maximum absolute atomic E-state index is 12.2. The van der Waals surface area contributed by atoms with Crippen LogP contribution >= 0.6 is 46.4 Å². The van der Waals surface area contributed by atoms with Crippen molar-refractivity contribution in [2.24, 2.45) is 10.2 Å². The molecule has 10 heteroatoms. The summed E-state index contributed by atoms with van der Waals surface area (Å²) in [6, 6.07) is 16.0. The van der Waals surface area contributed by atoms with Gasteiger partial charge in [0.2, 0.25) is 0 Å². The molecule has 0 aliphatic carbocycles. The van der Waals surface area contributed by atoms with Gasteiger partial charge in [0.1, 0.15) is 0 Å². The van der Waals surface area contributed by atoms with E-state index in [4.69, 9.17) is 46.4 Å². The van der Waals surface area contributed by atoms with Gasteiger partial charge in [0.15, 0.2) is 0 Å². The van der Waals surface area contributed by atoms with Crippen molar-refractivity contribution in [3.8, 4) is 0 Å². The smallest absolute Gasteiger partial charge is 0.267 e. The van der Waals surface area contributed by atoms with Crippen molar-refractivity contribution in [3.63, 3.8) is 0 Å². The molecule has 0 aromatic heterocycles. The second-order valence-corrected chi connectivity index (χ2v) is 7.88. The molecule has 3 rings (SSSR count). The summed E-state index contributed by atoms with van der Waals surface area (Å²) >= 11 is 24.2. The van der Waals surface area contributed by atoms with Crippen LogP contribution in [0.15, 0.2) is 70.9 Å². The van der Waals surface area contributed by atoms with Crippen LogP contribution in [0.5, 0.6) is 0 Å². The Morgan fingerprint density at radius 2 is 0.906 bits per heavy atom. The molecule has 3 aromatic rings. The second-order valence-electron chi connectivity index (χ2n) is 6.25. The number of nitrogens with zero attached hydrogens (tertiary/aromatic N) is 2. The Balaban J connectivity index is 1.59. The molecule has 3 aromatic carbocycles. The first-order valence-corrected chi connectivity index (χ1v) is 10.5. The highest BCUT2D eigenvalue weighted by molar-refractivity contribution is 6.39. The number of hydrogen-bond donors (Lipinski definition) is 2. The number of halogens is 4. The number of benzene rings is 3. The van der Waals surface area contributed by atoms with Gasteiger partial charge in [-0.2, -0.15) is 10.2 Å². The number of hydrogen-bond acceptors (Lipinski definition) is 4. The van der Waals surface area contributed by atoms with Gasteiger partial charge in [-0.3, -0.25) is 9.59 Å². The number of carbonyl (C=O) groups excluding carboxylic acids is 2. The zero-order valence-corrected chi connectivity index (χ0v) is 19.2. The lowest BCUT2D eigenvalue weighted by Gasteiger charge is -2.04. The third kappa shape index (κ3) is 6.08. The average molecular weight is 508 g/mol. The van der Waals surface area contributed by atoms with E-state index in [2.05, 4.69) is 21.1 Å². The van der Waals surface area contributed by atoms with Crippen LogP contribution in [-0.2, 0) is 0 Å². The largest absolute Gasteiger partial charge is 0.271 e. The van der Waals surface area contributed by atoms with Crippen molar-refractivity contribution in [2.45, 2.75) is 0 Å². The number of nitrogens with one attached hydrogen (secondary N) is 2. The lowest BCUT2D eigenvalue weighted by Crippen LogP contribution is -2.19. The Morgan fingerprint density at radius 1 is 0.594 bits per heavy atom. The van der Waals surface area contributed by atoms with Crippen LogP contribution in [0, 0.1) is 0 Å². The average Bonchev–Trinajstić information content (AvgIpc) is 2.77. The Morgan fingerprint density at radius 3 is 1.22 bits per heavy atom. The van der Waals surface area contributed by atoms with Crippen LogP contribution in [0.4, 0.5) is 0 Å². The molecule has 0 fully saturated rings. The zero-order chi connectivity index (χ0) is 23.1. The molecular weight excluding hydrogens is 494 g/mol. The number of rotatable bonds is 6. The molecule has 0 saturated carbocycles. The predicted octanol–water partition coefficient (Wildman–Crippen LogP) is 5.83. The molecule has 0 atom stereocenters. The summed E-state index contributed by atoms with van der Waals surface area (Å²) in [5, 5.41) is 9.37. The van der Waals surface area contributed by atoms with Gasteiger partial charge in [0.05, 0.1) is 32.5 Å². The van der Waals surface area contributed by atoms with Crippen molar-refractivity contribution in [3.05, 3.63) is 103 Å². The summed E-state index contributed by atoms with van der Waals surface area (Å²) in [7, 11) is 0. The van der Waals surface area contributed by atoms with Gasteiger partial charge in [0.25, 0.3) is 11.8 Å². The standard InChI is InChI=1S/C22H14Cl4N4O2/c23-17-3-1-4-18(24)15(17)11-27-29-21(31)13-7-9-14(10-8-13)22(32)30-28-12-16-19(25)5-2-6-20(16)26/h1-12H,(H,29,31)(H,30,32). The highest BCUT2D eigenvalue weighted by Gasteiger charge is 2.09. The van der Waals surface area contributed by atoms with Crippen LogP contribution in [-0.4, -0.2) is 24.2 Å². The molecule has 0 radical (unpaired) electrons. The van der Waals surface area contributed by atoms with E-state index < -0.39 is 11.8 Å². The zero-order valence-electron chi connectivity index (χ0n) is 16.2. The summed E-state index contributed by atoms with van der Waals surface area (Å²) in [5.41, 5.74) is 6.33. The normalized spacial score (nSPS) is 11.1. The predicted molar refractivity (Wildman–Crippen MR) is 129 cm³/mol. The molecule has 0 unspecified atom stereocenters. The first-order chi connectivity index (χ1) is 15.4. The molecular formula is C22H14Cl4N4O2. The van der Waals surface area contributed by atoms with E-state index in [1.54, 1.807) is 36.4 Å². The molecule has 0 aliphatic rings. The molecule has 162 valence electrons. The molecule has 0 spiro atoms. The topological polar surface area (TPSA) is 82.9 Å². The quantitative estimate of drug-likeness (QED) is 0.325. The molecule has 32 heavy (non-hydrogen) atoms. The van der Waals surface area contributed by atoms with Crippen LogP contribution in [0.1, 0.15) is 31.8 Å². The van der Waals surface area contributed by atoms with Gasteiger partial charge in [-0.15, -0.1) is 0 Å². The Labute approximate surface area is 203 Å². The van der Waals surface area contributed by atoms with Gasteiger partial charge < -0.3 is 0 Å². The van der Waals surface area contributed by atoms with Crippen molar-refractivity contribution >= 4 is 70.6 Å². The summed E-state index contributed by atoms with van der Waals surface area (Å²) in [4.78, 5) is 24.5. The monoisotopic (exact) mass is 506 g/mol. The summed E-state index contributed by atoms with van der Waals surface area (Å²) < 4.78 is 0. The Kier molecular flexibility index (Phi) is 8.25. The molecule has 2 amide bonds. The van der Waals surface area contributed by atoms with Crippen molar-refractivity contribution in [1.29, 1.82) is 0 Å². The van der Waals surface area contributed by atoms with E-state index in [1.807, 2.05) is 0 Å². The summed E-state index contributed by atoms with van der Waals surface area (Å²) in [6.45, 7) is 0. The van der Waals surface area contributed by atoms with E-state index in [-0.39, 0.29) is 0 Å². The highest BCUT2D eigenvalue weighted by Crippen LogP contribution is 2.23. The van der Waals surface area contributed by atoms with Crippen molar-refractivity contribution in [1.82, 2.24) is 10.9 Å². The molecule has 0 heterocycles. The lowest BCUT2D eigenvalue weighted by molar-refractivity contribution is 0.0943. The van der Waals surface area contributed by atoms with Gasteiger partial charge >= 0.3 is 0 Å². The van der Waals surface area contributed by atoms with Crippen molar-refractivity contribution in [2.75, 3.05) is 0 Å². The second kappa shape index (κ2) is 11.1. The van der Waals surface area contributed by atoms with Gasteiger partial charge in [-0.1, -0.05) is 58.5 Å². The van der Waals surface area contributed by atoms with Gasteiger partial charge in [-0.25, -0.2) is 10.9 Å². The Hall–Kier alpha value is -2.90. The van der Waals surface area contributed by atoms with E-state index >= 15 is 0 Å². The van der Waals surface area contributed by atoms with Crippen LogP contribution in [0.2, 0.25) is 20.1 Å². The first-order valence-electron chi connectivity index (χ1n) is 9.01. The molecule has 0 aliphatic heterocycles. The number of amides is 2. The third-order valence-electron chi connectivity index (χ3n) is 4.13. The van der Waals surface area contributed by atoms with Crippen molar-refractivity contribution < 1.29 is 9.59 Å². The van der Waals surface area contributed by atoms with Gasteiger partial charge in [-0.05, 0) is 48.5 Å². The fourth-order valence-corrected chi connectivity index (χ4v) is 3.47. The minimum atomic E-state index is -0.470. The minimum Gasteiger partial charge on any atom is -0.267 e. The van der Waals surface area contributed by atoms with E-state index in [9.17, 15) is 9.59 Å². The minimum absolute atomic E-state index is 0.301. The SMILES string of the molecule is O=C(NN=Cc1c(Cl)cccc1Cl)c1ccc(C(=O)NN=Cc2c(Cl)cccc2Cl)cc1. The highest BCUT2D eigenvalue weighted by atomic mass is 35.5. The third-order valence-corrected chi connectivity index (χ3v) is 5.45. The molecule has 6 nitrogen and oxygen atoms in total. The van der Waals surface area contributed by atoms with E-state index in [1.165, 1.54) is 36.7 Å². The maximum Gasteiger partial charge on any atom is 0.271 e. The van der Waals surface area contributed by atoms with E-state index in [0.717, 1.165) is 0 Å². The van der Waals surface area contributed by atoms with Crippen LogP contribution < -0.4 is 10.9 Å². The fourth-order valence-electron chi connectivity index (χ4n) is 2.48. The summed E-state index contributed by atoms with van der Waals surface area (Å²) in [6.07, 6.45) is 2.71. The first kappa shape index (κ1) is 23.8. The lowest BCUT2D eigenvalue weighted by atomic mass is 10.1. The van der Waals surface area contributed by atoms with E-state index in [0.29, 0.717) is 42.3 Å². The number of hydrazone groups is 2. The molecule has 0 bridgehead atoms. The van der Waals surface area contributed by atoms with Gasteiger partial charge in [0, 0.05) is 22.3 Å². The fraction of sp³-hybridized carbons (Fsp3) is 0. The molecule has 2 N–H and O–H groups in total. The van der Waals surface area contributed by atoms with Crippen LogP contribution in [0.25, 0.3) is 0 Å². The number of carbonyl (C=O) groups is 2. The molecule has 0 saturated heterocycles. The summed E-state index contributed by atoms with van der Waals surface area (Å²) in [5.74, 6) is -0.939.